The average Bonchev–Trinajstić information content (AvgIpc) is 2.75. The van der Waals surface area contributed by atoms with E-state index in [1.54, 1.807) is 11.3 Å². The maximum Gasteiger partial charge on any atom is 0.243 e. The molecule has 5 nitrogen and oxygen atoms in total. The highest BCUT2D eigenvalue weighted by Gasteiger charge is 2.29. The molecule has 0 aliphatic carbocycles. The van der Waals surface area contributed by atoms with Gasteiger partial charge in [-0.3, -0.25) is 20.2 Å². The summed E-state index contributed by atoms with van der Waals surface area (Å²) in [5.74, 6) is -0.411. The number of aryl methyl sites for hydroxylation is 1. The number of hydrogen-bond acceptors (Lipinski definition) is 5. The van der Waals surface area contributed by atoms with Crippen molar-refractivity contribution in [3.63, 3.8) is 0 Å². The number of rotatable bonds is 3. The van der Waals surface area contributed by atoms with Crippen LogP contribution in [0.15, 0.2) is 0 Å². The van der Waals surface area contributed by atoms with Gasteiger partial charge >= 0.3 is 0 Å². The van der Waals surface area contributed by atoms with Crippen LogP contribution in [0.2, 0.25) is 0 Å². The highest BCUT2D eigenvalue weighted by molar-refractivity contribution is 7.12. The number of piperidine rings is 1. The van der Waals surface area contributed by atoms with Crippen LogP contribution in [0.4, 0.5) is 0 Å². The summed E-state index contributed by atoms with van der Waals surface area (Å²) >= 11 is 1.69. The third-order valence-electron chi connectivity index (χ3n) is 3.56. The van der Waals surface area contributed by atoms with E-state index in [9.17, 15) is 9.59 Å². The standard InChI is InChI=1S/C15H23N3O2S/c1-8(16-10-6-7-11(19)18-13(10)20)12-9(2)17-14(21-12)15(3,4)5/h8,10,16H,6-7H2,1-5H3,(H,18,19,20). The Bertz CT molecular complexity index is 560. The first kappa shape index (κ1) is 16.1. The summed E-state index contributed by atoms with van der Waals surface area (Å²) in [6.07, 6.45) is 0.948. The molecule has 21 heavy (non-hydrogen) atoms. The molecule has 0 bridgehead atoms. The summed E-state index contributed by atoms with van der Waals surface area (Å²) in [6.45, 7) is 10.5. The smallest absolute Gasteiger partial charge is 0.243 e. The molecular formula is C15H23N3O2S. The van der Waals surface area contributed by atoms with Crippen LogP contribution in [0, 0.1) is 6.92 Å². The van der Waals surface area contributed by atoms with E-state index in [1.807, 2.05) is 13.8 Å². The van der Waals surface area contributed by atoms with E-state index < -0.39 is 0 Å². The van der Waals surface area contributed by atoms with Gasteiger partial charge in [-0.05, 0) is 20.3 Å². The number of nitrogens with one attached hydrogen (secondary N) is 2. The van der Waals surface area contributed by atoms with Gasteiger partial charge in [0.25, 0.3) is 0 Å². The molecular weight excluding hydrogens is 286 g/mol. The van der Waals surface area contributed by atoms with Gasteiger partial charge in [0, 0.05) is 22.8 Å². The van der Waals surface area contributed by atoms with Crippen LogP contribution in [0.3, 0.4) is 0 Å². The first-order valence-corrected chi connectivity index (χ1v) is 8.07. The van der Waals surface area contributed by atoms with Gasteiger partial charge in [0.15, 0.2) is 0 Å². The van der Waals surface area contributed by atoms with Gasteiger partial charge in [-0.2, -0.15) is 0 Å². The van der Waals surface area contributed by atoms with E-state index in [4.69, 9.17) is 0 Å². The molecule has 1 aliphatic heterocycles. The second-order valence-corrected chi connectivity index (χ2v) is 7.64. The summed E-state index contributed by atoms with van der Waals surface area (Å²) in [5, 5.41) is 6.80. The number of thiazole rings is 1. The third-order valence-corrected chi connectivity index (χ3v) is 5.32. The van der Waals surface area contributed by atoms with Crippen molar-refractivity contribution in [1.82, 2.24) is 15.6 Å². The van der Waals surface area contributed by atoms with Gasteiger partial charge < -0.3 is 0 Å². The summed E-state index contributed by atoms with van der Waals surface area (Å²) in [6, 6.07) is -0.264. The highest BCUT2D eigenvalue weighted by Crippen LogP contribution is 2.32. The zero-order valence-corrected chi connectivity index (χ0v) is 14.1. The first-order chi connectivity index (χ1) is 9.68. The zero-order valence-electron chi connectivity index (χ0n) is 13.2. The molecule has 0 spiro atoms. The van der Waals surface area contributed by atoms with Crippen LogP contribution >= 0.6 is 11.3 Å². The van der Waals surface area contributed by atoms with Gasteiger partial charge in [-0.25, -0.2) is 4.98 Å². The van der Waals surface area contributed by atoms with E-state index in [0.717, 1.165) is 15.6 Å². The van der Waals surface area contributed by atoms with Crippen LogP contribution in [0.1, 0.15) is 62.2 Å². The van der Waals surface area contributed by atoms with E-state index >= 15 is 0 Å². The second-order valence-electron chi connectivity index (χ2n) is 6.61. The second kappa shape index (κ2) is 5.85. The van der Waals surface area contributed by atoms with E-state index in [2.05, 4.69) is 36.4 Å². The summed E-state index contributed by atoms with van der Waals surface area (Å²) < 4.78 is 0. The van der Waals surface area contributed by atoms with Crippen LogP contribution in [0.5, 0.6) is 0 Å². The minimum absolute atomic E-state index is 0.0298. The zero-order chi connectivity index (χ0) is 15.8. The quantitative estimate of drug-likeness (QED) is 0.840. The average molecular weight is 309 g/mol. The van der Waals surface area contributed by atoms with Crippen molar-refractivity contribution in [2.45, 2.75) is 65.0 Å². The molecule has 2 atom stereocenters. The Hall–Kier alpha value is -1.27. The molecule has 1 saturated heterocycles. The number of imide groups is 1. The Balaban J connectivity index is 2.10. The van der Waals surface area contributed by atoms with Crippen LogP contribution < -0.4 is 10.6 Å². The van der Waals surface area contributed by atoms with E-state index in [0.29, 0.717) is 12.8 Å². The monoisotopic (exact) mass is 309 g/mol. The topological polar surface area (TPSA) is 71.1 Å². The van der Waals surface area contributed by atoms with Gasteiger partial charge in [0.1, 0.15) is 0 Å². The number of carbonyl (C=O) groups excluding carboxylic acids is 2. The van der Waals surface area contributed by atoms with Gasteiger partial charge in [-0.15, -0.1) is 11.3 Å². The number of hydrogen-bond donors (Lipinski definition) is 2. The molecule has 2 N–H and O–H groups in total. The molecule has 2 rings (SSSR count). The molecule has 1 aromatic rings. The molecule has 116 valence electrons. The molecule has 0 saturated carbocycles. The lowest BCUT2D eigenvalue weighted by Gasteiger charge is -2.25. The molecule has 2 heterocycles. The molecule has 1 aromatic heterocycles. The summed E-state index contributed by atoms with van der Waals surface area (Å²) in [4.78, 5) is 28.8. The Labute approximate surface area is 129 Å². The highest BCUT2D eigenvalue weighted by atomic mass is 32.1. The van der Waals surface area contributed by atoms with Gasteiger partial charge in [0.05, 0.1) is 16.7 Å². The van der Waals surface area contributed by atoms with Gasteiger partial charge in [-0.1, -0.05) is 20.8 Å². The van der Waals surface area contributed by atoms with Crippen molar-refractivity contribution in [3.05, 3.63) is 15.6 Å². The predicted octanol–water partition coefficient (Wildman–Crippen LogP) is 2.20. The molecule has 0 aromatic carbocycles. The predicted molar refractivity (Wildman–Crippen MR) is 83.3 cm³/mol. The fraction of sp³-hybridized carbons (Fsp3) is 0.667. The maximum atomic E-state index is 11.8. The van der Waals surface area contributed by atoms with Crippen LogP contribution in [0.25, 0.3) is 0 Å². The molecule has 2 amide bonds. The van der Waals surface area contributed by atoms with Crippen molar-refractivity contribution in [3.8, 4) is 0 Å². The Morgan fingerprint density at radius 1 is 1.38 bits per heavy atom. The minimum atomic E-state index is -0.308. The molecule has 1 fully saturated rings. The Morgan fingerprint density at radius 2 is 2.05 bits per heavy atom. The van der Waals surface area contributed by atoms with Crippen molar-refractivity contribution < 1.29 is 9.59 Å². The van der Waals surface area contributed by atoms with Crippen LogP contribution in [-0.4, -0.2) is 22.8 Å². The maximum absolute atomic E-state index is 11.8. The SMILES string of the molecule is Cc1nc(C(C)(C)C)sc1C(C)NC1CCC(=O)NC1=O. The van der Waals surface area contributed by atoms with E-state index in [-0.39, 0.29) is 29.3 Å². The lowest BCUT2D eigenvalue weighted by Crippen LogP contribution is -2.51. The lowest BCUT2D eigenvalue weighted by atomic mass is 9.98. The number of nitrogens with zero attached hydrogens (tertiary/aromatic N) is 1. The molecule has 1 aliphatic rings. The van der Waals surface area contributed by atoms with Crippen molar-refractivity contribution in [2.75, 3.05) is 0 Å². The fourth-order valence-electron chi connectivity index (χ4n) is 2.36. The van der Waals surface area contributed by atoms with Crippen LogP contribution in [-0.2, 0) is 15.0 Å². The minimum Gasteiger partial charge on any atom is -0.298 e. The lowest BCUT2D eigenvalue weighted by molar-refractivity contribution is -0.134. The Kier molecular flexibility index (Phi) is 4.49. The van der Waals surface area contributed by atoms with E-state index in [1.165, 1.54) is 0 Å². The summed E-state index contributed by atoms with van der Waals surface area (Å²) in [7, 11) is 0. The first-order valence-electron chi connectivity index (χ1n) is 7.26. The largest absolute Gasteiger partial charge is 0.298 e. The third kappa shape index (κ3) is 3.68. The fourth-order valence-corrected chi connectivity index (χ4v) is 3.50. The van der Waals surface area contributed by atoms with Gasteiger partial charge in [0.2, 0.25) is 11.8 Å². The van der Waals surface area contributed by atoms with Crippen molar-refractivity contribution in [1.29, 1.82) is 0 Å². The number of aromatic nitrogens is 1. The number of amides is 2. The Morgan fingerprint density at radius 3 is 2.57 bits per heavy atom. The van der Waals surface area contributed by atoms with Crippen molar-refractivity contribution in [2.24, 2.45) is 0 Å². The molecule has 6 heteroatoms. The summed E-state index contributed by atoms with van der Waals surface area (Å²) in [5.41, 5.74) is 1.04. The van der Waals surface area contributed by atoms with Crippen molar-refractivity contribution >= 4 is 23.2 Å². The molecule has 2 unspecified atom stereocenters. The number of carbonyl (C=O) groups is 2. The normalized spacial score (nSPS) is 21.3. The molecule has 0 radical (unpaired) electrons.